The number of rotatable bonds is 0. The lowest BCUT2D eigenvalue weighted by Gasteiger charge is -2.14. The summed E-state index contributed by atoms with van der Waals surface area (Å²) in [6, 6.07) is 8.45. The summed E-state index contributed by atoms with van der Waals surface area (Å²) in [6.45, 7) is 0. The standard InChI is InChI=1S/C15H10F2O/c16-11-5-3-9-1-2-10-4-6-12(17)8-14(10)15(18)13(9)7-11/h1-8,15,18H. The number of halogens is 2. The van der Waals surface area contributed by atoms with E-state index in [1.54, 1.807) is 24.3 Å². The maximum atomic E-state index is 13.2. The van der Waals surface area contributed by atoms with Crippen LogP contribution in [0.3, 0.4) is 0 Å². The molecule has 2 aromatic rings. The summed E-state index contributed by atoms with van der Waals surface area (Å²) < 4.78 is 26.5. The highest BCUT2D eigenvalue weighted by Crippen LogP contribution is 2.33. The van der Waals surface area contributed by atoms with Gasteiger partial charge in [0, 0.05) is 0 Å². The third-order valence-corrected chi connectivity index (χ3v) is 3.13. The van der Waals surface area contributed by atoms with Gasteiger partial charge in [0.15, 0.2) is 0 Å². The molecule has 1 aliphatic rings. The van der Waals surface area contributed by atoms with Gasteiger partial charge in [-0.05, 0) is 46.5 Å². The number of aliphatic hydroxyl groups excluding tert-OH is 1. The highest BCUT2D eigenvalue weighted by Gasteiger charge is 2.20. The van der Waals surface area contributed by atoms with Crippen molar-refractivity contribution in [1.82, 2.24) is 0 Å². The zero-order valence-corrected chi connectivity index (χ0v) is 9.40. The minimum absolute atomic E-state index is 0.416. The van der Waals surface area contributed by atoms with E-state index >= 15 is 0 Å². The molecule has 0 radical (unpaired) electrons. The number of fused-ring (bicyclic) bond motifs is 2. The van der Waals surface area contributed by atoms with Crippen LogP contribution in [0.25, 0.3) is 12.2 Å². The van der Waals surface area contributed by atoms with Gasteiger partial charge in [-0.3, -0.25) is 0 Å². The highest BCUT2D eigenvalue weighted by molar-refractivity contribution is 5.76. The molecule has 1 N–H and O–H groups in total. The fraction of sp³-hybridized carbons (Fsp3) is 0.0667. The Morgan fingerprint density at radius 3 is 1.67 bits per heavy atom. The van der Waals surface area contributed by atoms with Crippen LogP contribution in [0.4, 0.5) is 8.78 Å². The van der Waals surface area contributed by atoms with Crippen LogP contribution in [0.2, 0.25) is 0 Å². The summed E-state index contributed by atoms with van der Waals surface area (Å²) in [7, 11) is 0. The molecule has 0 saturated carbocycles. The van der Waals surface area contributed by atoms with Gasteiger partial charge in [-0.25, -0.2) is 8.78 Å². The maximum absolute atomic E-state index is 13.2. The van der Waals surface area contributed by atoms with Gasteiger partial charge >= 0.3 is 0 Å². The lowest BCUT2D eigenvalue weighted by Crippen LogP contribution is -2.03. The summed E-state index contributed by atoms with van der Waals surface area (Å²) in [5, 5.41) is 10.3. The summed E-state index contributed by atoms with van der Waals surface area (Å²) in [5.74, 6) is -0.831. The lowest BCUT2D eigenvalue weighted by molar-refractivity contribution is 0.219. The molecule has 0 aliphatic heterocycles. The molecule has 18 heavy (non-hydrogen) atoms. The largest absolute Gasteiger partial charge is 0.384 e. The minimum Gasteiger partial charge on any atom is -0.384 e. The Morgan fingerprint density at radius 1 is 0.778 bits per heavy atom. The fourth-order valence-corrected chi connectivity index (χ4v) is 2.22. The van der Waals surface area contributed by atoms with E-state index in [1.165, 1.54) is 24.3 Å². The Balaban J connectivity index is 2.25. The molecule has 3 rings (SSSR count). The van der Waals surface area contributed by atoms with E-state index in [9.17, 15) is 13.9 Å². The van der Waals surface area contributed by atoms with Crippen LogP contribution in [0.1, 0.15) is 28.4 Å². The van der Waals surface area contributed by atoms with Gasteiger partial charge in [-0.15, -0.1) is 0 Å². The Labute approximate surface area is 103 Å². The normalized spacial score (nSPS) is 13.9. The quantitative estimate of drug-likeness (QED) is 0.751. The number of hydrogen-bond donors (Lipinski definition) is 1. The molecule has 0 spiro atoms. The average molecular weight is 244 g/mol. The van der Waals surface area contributed by atoms with E-state index in [2.05, 4.69) is 0 Å². The summed E-state index contributed by atoms with van der Waals surface area (Å²) in [6.07, 6.45) is 2.57. The average Bonchev–Trinajstić information content (AvgIpc) is 2.49. The fourth-order valence-electron chi connectivity index (χ4n) is 2.22. The van der Waals surface area contributed by atoms with Gasteiger partial charge in [-0.2, -0.15) is 0 Å². The van der Waals surface area contributed by atoms with E-state index in [0.717, 1.165) is 11.1 Å². The second-order valence-corrected chi connectivity index (χ2v) is 4.28. The Hall–Kier alpha value is -2.00. The molecule has 0 aromatic heterocycles. The Kier molecular flexibility index (Phi) is 2.49. The first-order chi connectivity index (χ1) is 8.65. The second-order valence-electron chi connectivity index (χ2n) is 4.28. The van der Waals surface area contributed by atoms with Crippen LogP contribution in [-0.4, -0.2) is 5.11 Å². The van der Waals surface area contributed by atoms with Crippen molar-refractivity contribution in [1.29, 1.82) is 0 Å². The van der Waals surface area contributed by atoms with E-state index in [4.69, 9.17) is 0 Å². The monoisotopic (exact) mass is 244 g/mol. The van der Waals surface area contributed by atoms with Gasteiger partial charge in [-0.1, -0.05) is 24.3 Å². The van der Waals surface area contributed by atoms with Crippen LogP contribution in [0, 0.1) is 11.6 Å². The van der Waals surface area contributed by atoms with Crippen molar-refractivity contribution in [2.24, 2.45) is 0 Å². The number of aliphatic hydroxyl groups is 1. The predicted molar refractivity (Wildman–Crippen MR) is 65.8 cm³/mol. The van der Waals surface area contributed by atoms with E-state index < -0.39 is 17.7 Å². The molecule has 0 heterocycles. The molecule has 0 unspecified atom stereocenters. The zero-order chi connectivity index (χ0) is 12.7. The molecule has 0 saturated heterocycles. The SMILES string of the molecule is OC1c2cc(F)ccc2C=Cc2ccc(F)cc21. The molecule has 3 heteroatoms. The maximum Gasteiger partial charge on any atom is 0.123 e. The van der Waals surface area contributed by atoms with Crippen molar-refractivity contribution in [3.05, 3.63) is 70.3 Å². The molecule has 0 bridgehead atoms. The molecule has 90 valence electrons. The van der Waals surface area contributed by atoms with E-state index in [0.29, 0.717) is 11.1 Å². The van der Waals surface area contributed by atoms with Gasteiger partial charge < -0.3 is 5.11 Å². The molecule has 1 nitrogen and oxygen atoms in total. The van der Waals surface area contributed by atoms with Crippen molar-refractivity contribution < 1.29 is 13.9 Å². The first kappa shape index (κ1) is 11.1. The summed E-state index contributed by atoms with van der Waals surface area (Å²) >= 11 is 0. The van der Waals surface area contributed by atoms with Crippen LogP contribution in [0.15, 0.2) is 36.4 Å². The van der Waals surface area contributed by atoms with Crippen LogP contribution < -0.4 is 0 Å². The Morgan fingerprint density at radius 2 is 1.22 bits per heavy atom. The zero-order valence-electron chi connectivity index (χ0n) is 9.40. The summed E-state index contributed by atoms with van der Waals surface area (Å²) in [5.41, 5.74) is 2.38. The van der Waals surface area contributed by atoms with Crippen LogP contribution in [0.5, 0.6) is 0 Å². The molecule has 2 aromatic carbocycles. The topological polar surface area (TPSA) is 20.2 Å². The van der Waals surface area contributed by atoms with Gasteiger partial charge in [0.05, 0.1) is 0 Å². The van der Waals surface area contributed by atoms with E-state index in [1.807, 2.05) is 0 Å². The van der Waals surface area contributed by atoms with Crippen molar-refractivity contribution in [3.63, 3.8) is 0 Å². The van der Waals surface area contributed by atoms with Gasteiger partial charge in [0.2, 0.25) is 0 Å². The van der Waals surface area contributed by atoms with E-state index in [-0.39, 0.29) is 0 Å². The molecule has 0 atom stereocenters. The first-order valence-corrected chi connectivity index (χ1v) is 5.60. The molecular formula is C15H10F2O. The van der Waals surface area contributed by atoms with Crippen molar-refractivity contribution in [3.8, 4) is 0 Å². The third-order valence-electron chi connectivity index (χ3n) is 3.13. The summed E-state index contributed by atoms with van der Waals surface area (Å²) in [4.78, 5) is 0. The second kappa shape index (κ2) is 4.03. The molecular weight excluding hydrogens is 234 g/mol. The van der Waals surface area contributed by atoms with Crippen LogP contribution >= 0.6 is 0 Å². The minimum atomic E-state index is -1.02. The first-order valence-electron chi connectivity index (χ1n) is 5.60. The number of benzene rings is 2. The Bertz CT molecular complexity index is 591. The predicted octanol–water partition coefficient (Wildman–Crippen LogP) is 3.53. The molecule has 0 fully saturated rings. The van der Waals surface area contributed by atoms with Gasteiger partial charge in [0.25, 0.3) is 0 Å². The van der Waals surface area contributed by atoms with Crippen molar-refractivity contribution in [2.75, 3.05) is 0 Å². The molecule has 1 aliphatic carbocycles. The third kappa shape index (κ3) is 1.73. The van der Waals surface area contributed by atoms with Crippen molar-refractivity contribution in [2.45, 2.75) is 6.10 Å². The van der Waals surface area contributed by atoms with Gasteiger partial charge in [0.1, 0.15) is 17.7 Å². The smallest absolute Gasteiger partial charge is 0.123 e. The van der Waals surface area contributed by atoms with Crippen LogP contribution in [-0.2, 0) is 0 Å². The number of hydrogen-bond acceptors (Lipinski definition) is 1. The molecule has 0 amide bonds. The lowest BCUT2D eigenvalue weighted by atomic mass is 9.96. The van der Waals surface area contributed by atoms with Crippen molar-refractivity contribution >= 4 is 12.2 Å². The highest BCUT2D eigenvalue weighted by atomic mass is 19.1.